The Balaban J connectivity index is 1.79. The van der Waals surface area contributed by atoms with Crippen molar-refractivity contribution in [3.8, 4) is 11.3 Å². The van der Waals surface area contributed by atoms with Crippen molar-refractivity contribution < 1.29 is 12.8 Å². The first-order valence-corrected chi connectivity index (χ1v) is 8.58. The van der Waals surface area contributed by atoms with Crippen molar-refractivity contribution in [2.45, 2.75) is 43.5 Å². The molecule has 0 radical (unpaired) electrons. The number of nitrogens with one attached hydrogen (secondary N) is 1. The average Bonchev–Trinajstić information content (AvgIpc) is 3.10. The molecule has 2 aromatic rings. The monoisotopic (exact) mass is 306 g/mol. The molecule has 112 valence electrons. The minimum Gasteiger partial charge on any atom is -0.441 e. The van der Waals surface area contributed by atoms with Crippen LogP contribution in [-0.4, -0.2) is 19.4 Å². The largest absolute Gasteiger partial charge is 0.441 e. The van der Waals surface area contributed by atoms with Gasteiger partial charge in [0, 0.05) is 18.5 Å². The molecule has 1 saturated carbocycles. The summed E-state index contributed by atoms with van der Waals surface area (Å²) in [6.07, 6.45) is 5.67. The molecule has 0 spiro atoms. The highest BCUT2D eigenvalue weighted by Crippen LogP contribution is 2.23. The molecule has 0 bridgehead atoms. The molecule has 6 heteroatoms. The van der Waals surface area contributed by atoms with Crippen molar-refractivity contribution in [3.05, 3.63) is 36.4 Å². The molecule has 3 rings (SSSR count). The molecule has 0 atom stereocenters. The summed E-state index contributed by atoms with van der Waals surface area (Å²) in [5.41, 5.74) is 0.815. The molecule has 1 aliphatic carbocycles. The number of hydrogen-bond acceptors (Lipinski definition) is 4. The van der Waals surface area contributed by atoms with Crippen molar-refractivity contribution in [2.75, 3.05) is 0 Å². The second-order valence-corrected chi connectivity index (χ2v) is 7.08. The molecule has 1 fully saturated rings. The molecule has 1 aromatic heterocycles. The number of hydrogen-bond donors (Lipinski definition) is 1. The van der Waals surface area contributed by atoms with Crippen molar-refractivity contribution >= 4 is 10.0 Å². The lowest BCUT2D eigenvalue weighted by Gasteiger charge is -2.12. The SMILES string of the molecule is Cc1ncc(-c2ccc(S(=O)(=O)NC3CCCC3)cc2)o1. The highest BCUT2D eigenvalue weighted by Gasteiger charge is 2.22. The zero-order valence-corrected chi connectivity index (χ0v) is 12.7. The third kappa shape index (κ3) is 3.16. The van der Waals surface area contributed by atoms with Crippen LogP contribution in [0.4, 0.5) is 0 Å². The fraction of sp³-hybridized carbons (Fsp3) is 0.400. The number of aromatic nitrogens is 1. The third-order valence-electron chi connectivity index (χ3n) is 3.75. The van der Waals surface area contributed by atoms with Crippen LogP contribution in [0, 0.1) is 6.92 Å². The van der Waals surface area contributed by atoms with Crippen LogP contribution >= 0.6 is 0 Å². The Labute approximate surface area is 124 Å². The first-order valence-electron chi connectivity index (χ1n) is 7.10. The van der Waals surface area contributed by atoms with E-state index in [1.165, 1.54) is 0 Å². The molecule has 0 amide bonds. The van der Waals surface area contributed by atoms with Crippen LogP contribution in [0.3, 0.4) is 0 Å². The first kappa shape index (κ1) is 14.3. The Morgan fingerprint density at radius 3 is 2.43 bits per heavy atom. The molecule has 1 heterocycles. The van der Waals surface area contributed by atoms with Crippen molar-refractivity contribution in [1.29, 1.82) is 0 Å². The summed E-state index contributed by atoms with van der Waals surface area (Å²) >= 11 is 0. The molecule has 0 saturated heterocycles. The predicted molar refractivity (Wildman–Crippen MR) is 79.3 cm³/mol. The smallest absolute Gasteiger partial charge is 0.240 e. The van der Waals surface area contributed by atoms with E-state index in [1.54, 1.807) is 37.4 Å². The van der Waals surface area contributed by atoms with E-state index in [4.69, 9.17) is 4.42 Å². The lowest BCUT2D eigenvalue weighted by atomic mass is 10.2. The van der Waals surface area contributed by atoms with E-state index < -0.39 is 10.0 Å². The Kier molecular flexibility index (Phi) is 3.82. The van der Waals surface area contributed by atoms with E-state index in [9.17, 15) is 8.42 Å². The fourth-order valence-electron chi connectivity index (χ4n) is 2.62. The van der Waals surface area contributed by atoms with Crippen LogP contribution in [0.1, 0.15) is 31.6 Å². The zero-order valence-electron chi connectivity index (χ0n) is 11.9. The lowest BCUT2D eigenvalue weighted by molar-refractivity contribution is 0.534. The molecule has 21 heavy (non-hydrogen) atoms. The van der Waals surface area contributed by atoms with Gasteiger partial charge >= 0.3 is 0 Å². The van der Waals surface area contributed by atoms with E-state index in [0.29, 0.717) is 11.7 Å². The van der Waals surface area contributed by atoms with Crippen molar-refractivity contribution in [2.24, 2.45) is 0 Å². The Bertz CT molecular complexity index is 714. The van der Waals surface area contributed by atoms with Gasteiger partial charge in [-0.15, -0.1) is 0 Å². The third-order valence-corrected chi connectivity index (χ3v) is 5.28. The van der Waals surface area contributed by atoms with Crippen molar-refractivity contribution in [1.82, 2.24) is 9.71 Å². The Hall–Kier alpha value is -1.66. The average molecular weight is 306 g/mol. The number of sulfonamides is 1. The number of rotatable bonds is 4. The topological polar surface area (TPSA) is 72.2 Å². The summed E-state index contributed by atoms with van der Waals surface area (Å²) in [7, 11) is -3.43. The highest BCUT2D eigenvalue weighted by molar-refractivity contribution is 7.89. The quantitative estimate of drug-likeness (QED) is 0.942. The minimum absolute atomic E-state index is 0.0756. The van der Waals surface area contributed by atoms with Gasteiger partial charge in [-0.05, 0) is 37.1 Å². The lowest BCUT2D eigenvalue weighted by Crippen LogP contribution is -2.32. The maximum Gasteiger partial charge on any atom is 0.240 e. The van der Waals surface area contributed by atoms with Crippen LogP contribution in [-0.2, 0) is 10.0 Å². The van der Waals surface area contributed by atoms with Gasteiger partial charge in [-0.25, -0.2) is 18.1 Å². The molecule has 0 aliphatic heterocycles. The van der Waals surface area contributed by atoms with Crippen LogP contribution in [0.2, 0.25) is 0 Å². The van der Waals surface area contributed by atoms with Gasteiger partial charge in [0.25, 0.3) is 0 Å². The van der Waals surface area contributed by atoms with Gasteiger partial charge in [0.2, 0.25) is 10.0 Å². The van der Waals surface area contributed by atoms with E-state index in [1.807, 2.05) is 0 Å². The van der Waals surface area contributed by atoms with Crippen molar-refractivity contribution in [3.63, 3.8) is 0 Å². The molecule has 1 aliphatic rings. The fourth-order valence-corrected chi connectivity index (χ4v) is 3.93. The summed E-state index contributed by atoms with van der Waals surface area (Å²) < 4.78 is 32.8. The second-order valence-electron chi connectivity index (χ2n) is 5.37. The van der Waals surface area contributed by atoms with Crippen LogP contribution < -0.4 is 4.72 Å². The predicted octanol–water partition coefficient (Wildman–Crippen LogP) is 2.87. The van der Waals surface area contributed by atoms with E-state index in [0.717, 1.165) is 31.2 Å². The van der Waals surface area contributed by atoms with Crippen LogP contribution in [0.5, 0.6) is 0 Å². The Morgan fingerprint density at radius 1 is 1.19 bits per heavy atom. The maximum atomic E-state index is 12.3. The summed E-state index contributed by atoms with van der Waals surface area (Å²) in [6, 6.07) is 6.76. The standard InChI is InChI=1S/C15H18N2O3S/c1-11-16-10-15(20-11)12-6-8-14(9-7-12)21(18,19)17-13-4-2-3-5-13/h6-10,13,17H,2-5H2,1H3. The molecule has 1 aromatic carbocycles. The first-order chi connectivity index (χ1) is 10.0. The summed E-state index contributed by atoms with van der Waals surface area (Å²) in [6.45, 7) is 1.77. The number of oxazole rings is 1. The summed E-state index contributed by atoms with van der Waals surface area (Å²) in [5, 5.41) is 0. The van der Waals surface area contributed by atoms with E-state index in [-0.39, 0.29) is 10.9 Å². The zero-order chi connectivity index (χ0) is 14.9. The molecule has 5 nitrogen and oxygen atoms in total. The highest BCUT2D eigenvalue weighted by atomic mass is 32.2. The number of aryl methyl sites for hydroxylation is 1. The minimum atomic E-state index is -3.43. The Morgan fingerprint density at radius 2 is 1.86 bits per heavy atom. The van der Waals surface area contributed by atoms with Gasteiger partial charge in [-0.2, -0.15) is 0 Å². The normalized spacial score (nSPS) is 16.4. The molecular formula is C15H18N2O3S. The maximum absolute atomic E-state index is 12.3. The molecule has 0 unspecified atom stereocenters. The molecule has 1 N–H and O–H groups in total. The van der Waals surface area contributed by atoms with Gasteiger partial charge in [-0.1, -0.05) is 12.8 Å². The summed E-state index contributed by atoms with van der Waals surface area (Å²) in [4.78, 5) is 4.32. The van der Waals surface area contributed by atoms with Gasteiger partial charge < -0.3 is 4.42 Å². The second kappa shape index (κ2) is 5.61. The number of nitrogens with zero attached hydrogens (tertiary/aromatic N) is 1. The van der Waals surface area contributed by atoms with Gasteiger partial charge in [-0.3, -0.25) is 0 Å². The van der Waals surface area contributed by atoms with Gasteiger partial charge in [0.05, 0.1) is 11.1 Å². The van der Waals surface area contributed by atoms with Gasteiger partial charge in [0.1, 0.15) is 0 Å². The van der Waals surface area contributed by atoms with Crippen LogP contribution in [0.25, 0.3) is 11.3 Å². The van der Waals surface area contributed by atoms with E-state index in [2.05, 4.69) is 9.71 Å². The number of benzene rings is 1. The van der Waals surface area contributed by atoms with Gasteiger partial charge in [0.15, 0.2) is 11.7 Å². The van der Waals surface area contributed by atoms with Crippen LogP contribution in [0.15, 0.2) is 39.8 Å². The summed E-state index contributed by atoms with van der Waals surface area (Å²) in [5.74, 6) is 1.23. The van der Waals surface area contributed by atoms with E-state index >= 15 is 0 Å². The molecular weight excluding hydrogens is 288 g/mol.